The average Bonchev–Trinajstić information content (AvgIpc) is 2.22. The van der Waals surface area contributed by atoms with Crippen LogP contribution < -0.4 is 0 Å². The van der Waals surface area contributed by atoms with E-state index in [0.29, 0.717) is 6.07 Å². The molecule has 3 nitrogen and oxygen atoms in total. The minimum absolute atomic E-state index is 0.104. The van der Waals surface area contributed by atoms with Crippen LogP contribution in [0.25, 0.3) is 0 Å². The van der Waals surface area contributed by atoms with Gasteiger partial charge in [-0.3, -0.25) is 9.59 Å². The van der Waals surface area contributed by atoms with Crippen molar-refractivity contribution in [2.45, 2.75) is 13.3 Å². The fourth-order valence-corrected chi connectivity index (χ4v) is 1.32. The molecule has 0 aliphatic rings. The summed E-state index contributed by atoms with van der Waals surface area (Å²) in [6, 6.07) is 2.59. The summed E-state index contributed by atoms with van der Waals surface area (Å²) in [5.41, 5.74) is -0.131. The molecule has 0 aliphatic carbocycles. The molecular weight excluding hydrogens is 218 g/mol. The van der Waals surface area contributed by atoms with Crippen molar-refractivity contribution < 1.29 is 23.5 Å². The number of ketones is 1. The number of hydrogen-bond donors (Lipinski definition) is 1. The Hall–Kier alpha value is -1.78. The first-order valence-corrected chi connectivity index (χ1v) is 4.69. The van der Waals surface area contributed by atoms with Gasteiger partial charge in [-0.05, 0) is 24.6 Å². The lowest BCUT2D eigenvalue weighted by Crippen LogP contribution is -2.23. The number of benzene rings is 1. The Morgan fingerprint density at radius 1 is 1.31 bits per heavy atom. The van der Waals surface area contributed by atoms with Crippen molar-refractivity contribution in [3.05, 3.63) is 35.4 Å². The highest BCUT2D eigenvalue weighted by atomic mass is 19.2. The third-order valence-corrected chi connectivity index (χ3v) is 2.23. The Kier molecular flexibility index (Phi) is 3.71. The van der Waals surface area contributed by atoms with Crippen molar-refractivity contribution in [3.63, 3.8) is 0 Å². The molecule has 86 valence electrons. The van der Waals surface area contributed by atoms with E-state index in [4.69, 9.17) is 5.11 Å². The highest BCUT2D eigenvalue weighted by Crippen LogP contribution is 2.15. The van der Waals surface area contributed by atoms with Gasteiger partial charge in [-0.15, -0.1) is 0 Å². The lowest BCUT2D eigenvalue weighted by atomic mass is 9.95. The second-order valence-corrected chi connectivity index (χ2v) is 3.29. The summed E-state index contributed by atoms with van der Waals surface area (Å²) in [5.74, 6) is -5.43. The number of carboxylic acids is 1. The normalized spacial score (nSPS) is 12.2. The molecule has 0 saturated carbocycles. The zero-order valence-electron chi connectivity index (χ0n) is 8.54. The second-order valence-electron chi connectivity index (χ2n) is 3.29. The van der Waals surface area contributed by atoms with Crippen LogP contribution in [0.1, 0.15) is 23.7 Å². The average molecular weight is 228 g/mol. The number of carboxylic acid groups (broad SMARTS) is 1. The zero-order chi connectivity index (χ0) is 12.3. The Balaban J connectivity index is 3.04. The number of halogens is 2. The molecule has 1 unspecified atom stereocenters. The van der Waals surface area contributed by atoms with Crippen molar-refractivity contribution in [2.75, 3.05) is 0 Å². The van der Waals surface area contributed by atoms with Crippen molar-refractivity contribution >= 4 is 11.8 Å². The third-order valence-electron chi connectivity index (χ3n) is 2.23. The second kappa shape index (κ2) is 4.83. The minimum Gasteiger partial charge on any atom is -0.481 e. The van der Waals surface area contributed by atoms with E-state index in [0.717, 1.165) is 12.1 Å². The van der Waals surface area contributed by atoms with Gasteiger partial charge in [-0.1, -0.05) is 6.92 Å². The molecule has 1 aromatic rings. The summed E-state index contributed by atoms with van der Waals surface area (Å²) in [7, 11) is 0. The first-order valence-electron chi connectivity index (χ1n) is 4.69. The molecule has 5 heteroatoms. The Labute approximate surface area is 90.7 Å². The van der Waals surface area contributed by atoms with E-state index in [1.54, 1.807) is 0 Å². The standard InChI is InChI=1S/C11H10F2O3/c1-2-7(11(15)16)10(14)6-3-4-8(12)9(13)5-6/h3-5,7H,2H2,1H3,(H,15,16). The highest BCUT2D eigenvalue weighted by Gasteiger charge is 2.25. The van der Waals surface area contributed by atoms with Gasteiger partial charge in [-0.2, -0.15) is 0 Å². The molecule has 0 aromatic heterocycles. The van der Waals surface area contributed by atoms with E-state index in [-0.39, 0.29) is 12.0 Å². The molecule has 1 N–H and O–H groups in total. The lowest BCUT2D eigenvalue weighted by Gasteiger charge is -2.08. The first kappa shape index (κ1) is 12.3. The Bertz CT molecular complexity index is 429. The summed E-state index contributed by atoms with van der Waals surface area (Å²) < 4.78 is 25.4. The van der Waals surface area contributed by atoms with Crippen LogP contribution in [0, 0.1) is 17.6 Å². The third kappa shape index (κ3) is 2.42. The molecule has 16 heavy (non-hydrogen) atoms. The smallest absolute Gasteiger partial charge is 0.314 e. The molecule has 0 aliphatic heterocycles. The van der Waals surface area contributed by atoms with Crippen LogP contribution in [0.2, 0.25) is 0 Å². The lowest BCUT2D eigenvalue weighted by molar-refractivity contribution is -0.140. The van der Waals surface area contributed by atoms with E-state index >= 15 is 0 Å². The Morgan fingerprint density at radius 2 is 1.94 bits per heavy atom. The number of rotatable bonds is 4. The maximum absolute atomic E-state index is 12.8. The van der Waals surface area contributed by atoms with E-state index in [1.165, 1.54) is 6.92 Å². The maximum atomic E-state index is 12.8. The van der Waals surface area contributed by atoms with E-state index in [1.807, 2.05) is 0 Å². The quantitative estimate of drug-likeness (QED) is 0.635. The van der Waals surface area contributed by atoms with E-state index < -0.39 is 29.3 Å². The van der Waals surface area contributed by atoms with Gasteiger partial charge in [0, 0.05) is 5.56 Å². The molecule has 1 atom stereocenters. The first-order chi connectivity index (χ1) is 7.47. The summed E-state index contributed by atoms with van der Waals surface area (Å²) in [6.07, 6.45) is 0.104. The molecule has 0 spiro atoms. The van der Waals surface area contributed by atoms with Gasteiger partial charge in [0.25, 0.3) is 0 Å². The Morgan fingerprint density at radius 3 is 2.38 bits per heavy atom. The minimum atomic E-state index is -1.27. The summed E-state index contributed by atoms with van der Waals surface area (Å²) in [6.45, 7) is 1.54. The zero-order valence-corrected chi connectivity index (χ0v) is 8.54. The van der Waals surface area contributed by atoms with Crippen LogP contribution in [-0.4, -0.2) is 16.9 Å². The van der Waals surface area contributed by atoms with Crippen LogP contribution in [-0.2, 0) is 4.79 Å². The molecule has 0 bridgehead atoms. The van der Waals surface area contributed by atoms with E-state index in [2.05, 4.69) is 0 Å². The topological polar surface area (TPSA) is 54.4 Å². The molecule has 0 radical (unpaired) electrons. The molecular formula is C11H10F2O3. The van der Waals surface area contributed by atoms with Gasteiger partial charge >= 0.3 is 5.97 Å². The molecule has 0 amide bonds. The fourth-order valence-electron chi connectivity index (χ4n) is 1.32. The predicted octanol–water partition coefficient (Wildman–Crippen LogP) is 2.26. The van der Waals surface area contributed by atoms with Crippen molar-refractivity contribution in [1.82, 2.24) is 0 Å². The van der Waals surface area contributed by atoms with Gasteiger partial charge < -0.3 is 5.11 Å². The number of Topliss-reactive ketones (excluding diaryl/α,β-unsaturated/α-hetero) is 1. The SMILES string of the molecule is CCC(C(=O)O)C(=O)c1ccc(F)c(F)c1. The molecule has 0 fully saturated rings. The monoisotopic (exact) mass is 228 g/mol. The molecule has 1 rings (SSSR count). The predicted molar refractivity (Wildman–Crippen MR) is 52.1 cm³/mol. The van der Waals surface area contributed by atoms with Crippen LogP contribution in [0.3, 0.4) is 0 Å². The van der Waals surface area contributed by atoms with E-state index in [9.17, 15) is 18.4 Å². The highest BCUT2D eigenvalue weighted by molar-refractivity contribution is 6.08. The number of hydrogen-bond acceptors (Lipinski definition) is 2. The van der Waals surface area contributed by atoms with Crippen LogP contribution in [0.5, 0.6) is 0 Å². The number of carbonyl (C=O) groups excluding carboxylic acids is 1. The molecule has 0 heterocycles. The van der Waals surface area contributed by atoms with Gasteiger partial charge in [-0.25, -0.2) is 8.78 Å². The van der Waals surface area contributed by atoms with Crippen LogP contribution in [0.4, 0.5) is 8.78 Å². The fraction of sp³-hybridized carbons (Fsp3) is 0.273. The largest absolute Gasteiger partial charge is 0.481 e. The maximum Gasteiger partial charge on any atom is 0.314 e. The summed E-state index contributed by atoms with van der Waals surface area (Å²) >= 11 is 0. The molecule has 1 aromatic carbocycles. The van der Waals surface area contributed by atoms with Crippen molar-refractivity contribution in [2.24, 2.45) is 5.92 Å². The van der Waals surface area contributed by atoms with Gasteiger partial charge in [0.1, 0.15) is 5.92 Å². The summed E-state index contributed by atoms with van der Waals surface area (Å²) in [4.78, 5) is 22.3. The summed E-state index contributed by atoms with van der Waals surface area (Å²) in [5, 5.41) is 8.74. The van der Waals surface area contributed by atoms with Gasteiger partial charge in [0.2, 0.25) is 0 Å². The number of aliphatic carboxylic acids is 1. The molecule has 0 saturated heterocycles. The van der Waals surface area contributed by atoms with Crippen LogP contribution >= 0.6 is 0 Å². The van der Waals surface area contributed by atoms with Crippen molar-refractivity contribution in [3.8, 4) is 0 Å². The van der Waals surface area contributed by atoms with Crippen molar-refractivity contribution in [1.29, 1.82) is 0 Å². The van der Waals surface area contributed by atoms with Gasteiger partial charge in [0.15, 0.2) is 17.4 Å². The number of carbonyl (C=O) groups is 2. The van der Waals surface area contributed by atoms with Crippen LogP contribution in [0.15, 0.2) is 18.2 Å². The van der Waals surface area contributed by atoms with Gasteiger partial charge in [0.05, 0.1) is 0 Å².